The third-order valence-corrected chi connectivity index (χ3v) is 8.29. The van der Waals surface area contributed by atoms with E-state index in [1.807, 2.05) is 0 Å². The summed E-state index contributed by atoms with van der Waals surface area (Å²) >= 11 is 0. The lowest BCUT2D eigenvalue weighted by molar-refractivity contribution is 1.47. The van der Waals surface area contributed by atoms with Gasteiger partial charge in [0, 0.05) is 0 Å². The van der Waals surface area contributed by atoms with Gasteiger partial charge in [0.2, 0.25) is 0 Å². The molecule has 0 saturated heterocycles. The second kappa shape index (κ2) is 8.55. The molecule has 0 amide bonds. The van der Waals surface area contributed by atoms with Gasteiger partial charge in [0.05, 0.1) is 0 Å². The van der Waals surface area contributed by atoms with Gasteiger partial charge < -0.3 is 0 Å². The zero-order valence-electron chi connectivity index (χ0n) is 21.8. The molecule has 8 aromatic rings. The van der Waals surface area contributed by atoms with Crippen molar-refractivity contribution < 1.29 is 0 Å². The number of benzene rings is 8. The first-order valence-corrected chi connectivity index (χ1v) is 13.6. The molecule has 0 unspecified atom stereocenters. The first-order chi connectivity index (χ1) is 19.3. The van der Waals surface area contributed by atoms with Crippen LogP contribution in [0.3, 0.4) is 0 Å². The Kier molecular flexibility index (Phi) is 4.84. The van der Waals surface area contributed by atoms with Crippen LogP contribution in [-0.4, -0.2) is 0 Å². The van der Waals surface area contributed by atoms with Crippen LogP contribution in [0.4, 0.5) is 0 Å². The topological polar surface area (TPSA) is 0 Å². The van der Waals surface area contributed by atoms with Crippen LogP contribution in [0, 0.1) is 6.92 Å². The number of aryl methyl sites for hydroxylation is 1. The monoisotopic (exact) mass is 494 g/mol. The summed E-state index contributed by atoms with van der Waals surface area (Å²) in [5, 5.41) is 13.1. The van der Waals surface area contributed by atoms with Crippen molar-refractivity contribution in [3.8, 4) is 22.3 Å². The molecule has 0 bridgehead atoms. The van der Waals surface area contributed by atoms with Crippen molar-refractivity contribution in [1.82, 2.24) is 0 Å². The van der Waals surface area contributed by atoms with E-state index in [0.717, 1.165) is 0 Å². The molecular weight excluding hydrogens is 468 g/mol. The molecule has 39 heavy (non-hydrogen) atoms. The number of fused-ring (bicyclic) bond motifs is 11. The first-order valence-electron chi connectivity index (χ1n) is 13.6. The molecule has 0 aliphatic heterocycles. The standard InChI is InChI=1S/C39H26/c1-25-15-17-27(18-16-25)29-20-22-33-32-21-19-28(26-9-3-2-4-10-26)23-36(32)38-34-13-7-5-11-30(34)31-12-6-8-14-35(31)39(38)37(33)24-29/h2-24H,1H3. The Morgan fingerprint density at radius 1 is 0.282 bits per heavy atom. The molecule has 0 N–H and O–H groups in total. The van der Waals surface area contributed by atoms with Gasteiger partial charge in [0.1, 0.15) is 0 Å². The minimum absolute atomic E-state index is 1.24. The Labute approximate surface area is 227 Å². The van der Waals surface area contributed by atoms with Crippen LogP contribution < -0.4 is 0 Å². The predicted octanol–water partition coefficient (Wildman–Crippen LogP) is 11.1. The summed E-state index contributed by atoms with van der Waals surface area (Å²) in [7, 11) is 0. The van der Waals surface area contributed by atoms with E-state index in [4.69, 9.17) is 0 Å². The van der Waals surface area contributed by atoms with E-state index < -0.39 is 0 Å². The molecular formula is C39H26. The normalized spacial score (nSPS) is 11.7. The molecule has 0 heteroatoms. The average Bonchev–Trinajstić information content (AvgIpc) is 3.01. The molecule has 0 aromatic heterocycles. The van der Waals surface area contributed by atoms with Gasteiger partial charge in [-0.3, -0.25) is 0 Å². The number of hydrogen-bond donors (Lipinski definition) is 0. The highest BCUT2D eigenvalue weighted by Crippen LogP contribution is 2.45. The van der Waals surface area contributed by atoms with E-state index in [1.54, 1.807) is 0 Å². The summed E-state index contributed by atoms with van der Waals surface area (Å²) < 4.78 is 0. The fourth-order valence-electron chi connectivity index (χ4n) is 6.41. The zero-order chi connectivity index (χ0) is 25.9. The predicted molar refractivity (Wildman–Crippen MR) is 170 cm³/mol. The van der Waals surface area contributed by atoms with Crippen LogP contribution in [0.15, 0.2) is 140 Å². The highest BCUT2D eigenvalue weighted by Gasteiger charge is 2.17. The lowest BCUT2D eigenvalue weighted by Crippen LogP contribution is -1.90. The molecule has 0 nitrogen and oxygen atoms in total. The fraction of sp³-hybridized carbons (Fsp3) is 0.0256. The van der Waals surface area contributed by atoms with Crippen molar-refractivity contribution in [2.24, 2.45) is 0 Å². The Balaban J connectivity index is 1.61. The summed E-state index contributed by atoms with van der Waals surface area (Å²) in [5.41, 5.74) is 6.27. The SMILES string of the molecule is Cc1ccc(-c2ccc3c4ccc(-c5ccccc5)cc4c4c5ccccc5c5ccccc5c4c3c2)cc1. The Morgan fingerprint density at radius 2 is 0.667 bits per heavy atom. The molecule has 0 saturated carbocycles. The van der Waals surface area contributed by atoms with Crippen LogP contribution in [-0.2, 0) is 0 Å². The third kappa shape index (κ3) is 3.39. The second-order valence-electron chi connectivity index (χ2n) is 10.6. The Hall–Kier alpha value is -4.94. The van der Waals surface area contributed by atoms with Gasteiger partial charge in [-0.05, 0) is 95.2 Å². The van der Waals surface area contributed by atoms with Gasteiger partial charge in [0.15, 0.2) is 0 Å². The van der Waals surface area contributed by atoms with Crippen molar-refractivity contribution in [1.29, 1.82) is 0 Å². The van der Waals surface area contributed by atoms with Crippen molar-refractivity contribution in [2.45, 2.75) is 6.92 Å². The smallest absolute Gasteiger partial charge is 0.00137 e. The van der Waals surface area contributed by atoms with Crippen molar-refractivity contribution in [2.75, 3.05) is 0 Å². The van der Waals surface area contributed by atoms with E-state index in [1.165, 1.54) is 81.7 Å². The van der Waals surface area contributed by atoms with Gasteiger partial charge in [0.25, 0.3) is 0 Å². The van der Waals surface area contributed by atoms with Crippen LogP contribution >= 0.6 is 0 Å². The van der Waals surface area contributed by atoms with E-state index in [2.05, 4.69) is 146 Å². The molecule has 8 aromatic carbocycles. The molecule has 8 rings (SSSR count). The van der Waals surface area contributed by atoms with Crippen molar-refractivity contribution in [3.63, 3.8) is 0 Å². The van der Waals surface area contributed by atoms with E-state index in [0.29, 0.717) is 0 Å². The van der Waals surface area contributed by atoms with Crippen molar-refractivity contribution in [3.05, 3.63) is 145 Å². The molecule has 0 spiro atoms. The first kappa shape index (κ1) is 22.1. The Morgan fingerprint density at radius 3 is 1.18 bits per heavy atom. The second-order valence-corrected chi connectivity index (χ2v) is 10.6. The molecule has 0 heterocycles. The number of rotatable bonds is 2. The van der Waals surface area contributed by atoms with Crippen LogP contribution in [0.2, 0.25) is 0 Å². The van der Waals surface area contributed by atoms with E-state index in [-0.39, 0.29) is 0 Å². The fourth-order valence-corrected chi connectivity index (χ4v) is 6.41. The zero-order valence-corrected chi connectivity index (χ0v) is 21.8. The quantitative estimate of drug-likeness (QED) is 0.210. The molecule has 0 atom stereocenters. The molecule has 0 fully saturated rings. The summed E-state index contributed by atoms with van der Waals surface area (Å²) in [4.78, 5) is 0. The van der Waals surface area contributed by atoms with Gasteiger partial charge in [-0.1, -0.05) is 133 Å². The summed E-state index contributed by atoms with van der Waals surface area (Å²) in [6.45, 7) is 2.14. The largest absolute Gasteiger partial charge is 0.0622 e. The Bertz CT molecular complexity index is 2200. The van der Waals surface area contributed by atoms with E-state index >= 15 is 0 Å². The van der Waals surface area contributed by atoms with Crippen molar-refractivity contribution >= 4 is 53.9 Å². The van der Waals surface area contributed by atoms with Crippen LogP contribution in [0.25, 0.3) is 76.1 Å². The molecule has 0 radical (unpaired) electrons. The maximum absolute atomic E-state index is 2.41. The minimum Gasteiger partial charge on any atom is -0.0622 e. The van der Waals surface area contributed by atoms with Gasteiger partial charge >= 0.3 is 0 Å². The highest BCUT2D eigenvalue weighted by molar-refractivity contribution is 6.39. The van der Waals surface area contributed by atoms with Gasteiger partial charge in [-0.25, -0.2) is 0 Å². The summed E-state index contributed by atoms with van der Waals surface area (Å²) in [5.74, 6) is 0. The average molecular weight is 495 g/mol. The third-order valence-electron chi connectivity index (χ3n) is 8.29. The number of hydrogen-bond acceptors (Lipinski definition) is 0. The molecule has 182 valence electrons. The van der Waals surface area contributed by atoms with E-state index in [9.17, 15) is 0 Å². The summed E-state index contributed by atoms with van der Waals surface area (Å²) in [6, 6.07) is 51.5. The summed E-state index contributed by atoms with van der Waals surface area (Å²) in [6.07, 6.45) is 0. The van der Waals surface area contributed by atoms with Gasteiger partial charge in [-0.2, -0.15) is 0 Å². The lowest BCUT2D eigenvalue weighted by atomic mass is 9.85. The molecule has 0 aliphatic rings. The van der Waals surface area contributed by atoms with Crippen LogP contribution in [0.5, 0.6) is 0 Å². The van der Waals surface area contributed by atoms with Gasteiger partial charge in [-0.15, -0.1) is 0 Å². The van der Waals surface area contributed by atoms with Crippen LogP contribution in [0.1, 0.15) is 5.56 Å². The maximum Gasteiger partial charge on any atom is -0.00137 e. The molecule has 0 aliphatic carbocycles. The lowest BCUT2D eigenvalue weighted by Gasteiger charge is -2.18. The highest BCUT2D eigenvalue weighted by atomic mass is 14.2. The maximum atomic E-state index is 2.41. The minimum atomic E-state index is 1.24.